The quantitative estimate of drug-likeness (QED) is 0.323. The molecule has 0 bridgehead atoms. The summed E-state index contributed by atoms with van der Waals surface area (Å²) >= 11 is 0. The maximum atomic E-state index is 12.8. The van der Waals surface area contributed by atoms with Gasteiger partial charge < -0.3 is 30.2 Å². The van der Waals surface area contributed by atoms with Gasteiger partial charge in [0.25, 0.3) is 5.91 Å². The Hall–Kier alpha value is -4.46. The van der Waals surface area contributed by atoms with Crippen LogP contribution in [0, 0.1) is 0 Å². The van der Waals surface area contributed by atoms with E-state index >= 15 is 0 Å². The number of benzene rings is 3. The fourth-order valence-corrected chi connectivity index (χ4v) is 4.28. The monoisotopic (exact) mass is 470 g/mol. The topological polar surface area (TPSA) is 108 Å². The Labute approximate surface area is 202 Å². The van der Waals surface area contributed by atoms with Crippen LogP contribution in [0.2, 0.25) is 0 Å². The normalized spacial score (nSPS) is 12.5. The van der Waals surface area contributed by atoms with E-state index in [0.717, 1.165) is 22.2 Å². The van der Waals surface area contributed by atoms with Crippen molar-refractivity contribution in [1.82, 2.24) is 10.3 Å². The molecule has 1 aromatic heterocycles. The number of ether oxygens (including phenoxy) is 2. The van der Waals surface area contributed by atoms with Crippen LogP contribution in [0.5, 0.6) is 17.4 Å². The predicted molar refractivity (Wildman–Crippen MR) is 136 cm³/mol. The molecule has 4 N–H and O–H groups in total. The number of aliphatic imine (C=N–C) groups is 1. The molecule has 0 spiro atoms. The molecule has 0 unspecified atom stereocenters. The lowest BCUT2D eigenvalue weighted by molar-refractivity contribution is 0.0954. The van der Waals surface area contributed by atoms with E-state index in [-0.39, 0.29) is 11.8 Å². The van der Waals surface area contributed by atoms with Crippen molar-refractivity contribution >= 4 is 28.3 Å². The number of rotatable bonds is 7. The largest absolute Gasteiger partial charge is 0.494 e. The number of hydrogen-bond donors (Lipinski definition) is 4. The van der Waals surface area contributed by atoms with Crippen LogP contribution in [-0.4, -0.2) is 42.6 Å². The Kier molecular flexibility index (Phi) is 6.01. The van der Waals surface area contributed by atoms with Crippen LogP contribution in [0.3, 0.4) is 0 Å². The van der Waals surface area contributed by atoms with Gasteiger partial charge in [0.1, 0.15) is 5.84 Å². The van der Waals surface area contributed by atoms with Gasteiger partial charge in [0.05, 0.1) is 26.3 Å². The number of para-hydroxylation sites is 1. The molecule has 0 saturated heterocycles. The third-order valence-electron chi connectivity index (χ3n) is 6.10. The van der Waals surface area contributed by atoms with E-state index in [0.29, 0.717) is 53.5 Å². The predicted octanol–water partition coefficient (Wildman–Crippen LogP) is 4.24. The Morgan fingerprint density at radius 1 is 1.06 bits per heavy atom. The minimum absolute atomic E-state index is 0.0108. The second kappa shape index (κ2) is 9.42. The Morgan fingerprint density at radius 2 is 1.89 bits per heavy atom. The number of hydrogen-bond acceptors (Lipinski definition) is 6. The first-order valence-corrected chi connectivity index (χ1v) is 11.3. The Morgan fingerprint density at radius 3 is 2.71 bits per heavy atom. The lowest BCUT2D eigenvalue weighted by Gasteiger charge is -2.18. The van der Waals surface area contributed by atoms with E-state index < -0.39 is 0 Å². The summed E-state index contributed by atoms with van der Waals surface area (Å²) in [5.41, 5.74) is 4.85. The van der Waals surface area contributed by atoms with Crippen molar-refractivity contribution in [1.29, 1.82) is 0 Å². The van der Waals surface area contributed by atoms with Crippen molar-refractivity contribution in [2.75, 3.05) is 26.1 Å². The smallest absolute Gasteiger partial charge is 0.251 e. The molecule has 35 heavy (non-hydrogen) atoms. The number of aromatic amines is 1. The summed E-state index contributed by atoms with van der Waals surface area (Å²) < 4.78 is 10.6. The zero-order valence-corrected chi connectivity index (χ0v) is 19.5. The molecule has 3 aromatic carbocycles. The second-order valence-corrected chi connectivity index (χ2v) is 8.25. The molecule has 2 heterocycles. The molecule has 0 saturated carbocycles. The molecule has 178 valence electrons. The molecular formula is C27H26N4O4. The maximum Gasteiger partial charge on any atom is 0.251 e. The van der Waals surface area contributed by atoms with Crippen LogP contribution in [0.15, 0.2) is 65.7 Å². The first-order valence-electron chi connectivity index (χ1n) is 11.3. The highest BCUT2D eigenvalue weighted by Gasteiger charge is 2.21. The minimum atomic E-state index is -0.190. The highest BCUT2D eigenvalue weighted by atomic mass is 16.5. The average Bonchev–Trinajstić information content (AvgIpc) is 3.22. The van der Waals surface area contributed by atoms with Crippen LogP contribution >= 0.6 is 0 Å². The number of nitrogens with zero attached hydrogens (tertiary/aromatic N) is 1. The lowest BCUT2D eigenvalue weighted by atomic mass is 10.1. The van der Waals surface area contributed by atoms with Crippen LogP contribution in [0.1, 0.15) is 27.0 Å². The fraction of sp³-hybridized carbons (Fsp3) is 0.185. The van der Waals surface area contributed by atoms with Crippen molar-refractivity contribution in [2.45, 2.75) is 13.0 Å². The number of aromatic hydroxyl groups is 1. The molecule has 5 rings (SSSR count). The number of carbonyl (C=O) groups excluding carboxylic acids is 1. The first kappa shape index (κ1) is 22.3. The maximum absolute atomic E-state index is 12.8. The van der Waals surface area contributed by atoms with Crippen molar-refractivity contribution in [3.8, 4) is 17.4 Å². The van der Waals surface area contributed by atoms with Gasteiger partial charge in [-0.05, 0) is 47.9 Å². The molecule has 1 aliphatic heterocycles. The first-order chi connectivity index (χ1) is 17.1. The number of H-pyrrole nitrogens is 1. The number of carbonyl (C=O) groups is 1. The summed E-state index contributed by atoms with van der Waals surface area (Å²) in [5.74, 6) is 1.74. The number of nitrogens with one attached hydrogen (secondary N) is 3. The molecule has 0 aliphatic carbocycles. The highest BCUT2D eigenvalue weighted by molar-refractivity contribution is 6.18. The molecule has 8 nitrogen and oxygen atoms in total. The molecule has 8 heteroatoms. The van der Waals surface area contributed by atoms with Crippen molar-refractivity contribution in [2.24, 2.45) is 4.99 Å². The molecule has 0 atom stereocenters. The third-order valence-corrected chi connectivity index (χ3v) is 6.10. The van der Waals surface area contributed by atoms with Gasteiger partial charge >= 0.3 is 0 Å². The van der Waals surface area contributed by atoms with E-state index in [4.69, 9.17) is 9.47 Å². The number of methoxy groups -OCH3 is 2. The van der Waals surface area contributed by atoms with Gasteiger partial charge in [-0.25, -0.2) is 0 Å². The average molecular weight is 471 g/mol. The number of anilines is 1. The Balaban J connectivity index is 1.29. The van der Waals surface area contributed by atoms with Gasteiger partial charge in [0, 0.05) is 28.7 Å². The van der Waals surface area contributed by atoms with Gasteiger partial charge in [-0.2, -0.15) is 0 Å². The number of aromatic nitrogens is 1. The van der Waals surface area contributed by atoms with E-state index in [2.05, 4.69) is 20.6 Å². The summed E-state index contributed by atoms with van der Waals surface area (Å²) in [7, 11) is 3.19. The van der Waals surface area contributed by atoms with Gasteiger partial charge in [0.2, 0.25) is 5.88 Å². The van der Waals surface area contributed by atoms with Gasteiger partial charge in [-0.15, -0.1) is 0 Å². The molecule has 0 radical (unpaired) electrons. The fourth-order valence-electron chi connectivity index (χ4n) is 4.28. The molecule has 4 aromatic rings. The van der Waals surface area contributed by atoms with Crippen LogP contribution in [0.25, 0.3) is 10.9 Å². The molecule has 1 aliphatic rings. The number of amidine groups is 1. The summed E-state index contributed by atoms with van der Waals surface area (Å²) in [6, 6.07) is 19.0. The molecule has 1 amide bonds. The minimum Gasteiger partial charge on any atom is -0.494 e. The van der Waals surface area contributed by atoms with Gasteiger partial charge in [0.15, 0.2) is 11.5 Å². The zero-order chi connectivity index (χ0) is 24.4. The van der Waals surface area contributed by atoms with Gasteiger partial charge in [-0.3, -0.25) is 9.79 Å². The van der Waals surface area contributed by atoms with Crippen molar-refractivity contribution in [3.63, 3.8) is 0 Å². The summed E-state index contributed by atoms with van der Waals surface area (Å²) in [5, 5.41) is 17.7. The number of amides is 1. The van der Waals surface area contributed by atoms with Crippen LogP contribution in [0.4, 0.5) is 5.69 Å². The molecule has 0 fully saturated rings. The van der Waals surface area contributed by atoms with E-state index in [9.17, 15) is 9.90 Å². The second-order valence-electron chi connectivity index (χ2n) is 8.25. The van der Waals surface area contributed by atoms with E-state index in [1.807, 2.05) is 48.5 Å². The van der Waals surface area contributed by atoms with E-state index in [1.165, 1.54) is 0 Å². The summed E-state index contributed by atoms with van der Waals surface area (Å²) in [4.78, 5) is 20.3. The highest BCUT2D eigenvalue weighted by Crippen LogP contribution is 2.32. The van der Waals surface area contributed by atoms with Crippen LogP contribution in [-0.2, 0) is 13.0 Å². The summed E-state index contributed by atoms with van der Waals surface area (Å²) in [6.45, 7) is 0.999. The summed E-state index contributed by atoms with van der Waals surface area (Å²) in [6.07, 6.45) is 0.648. The number of fused-ring (bicyclic) bond motifs is 2. The van der Waals surface area contributed by atoms with E-state index in [1.54, 1.807) is 26.4 Å². The molecular weight excluding hydrogens is 444 g/mol. The van der Waals surface area contributed by atoms with Gasteiger partial charge in [-0.1, -0.05) is 30.3 Å². The SMILES string of the molecule is COc1ccc(CCNC(=O)c2ccc3c(C4=NCc5ccccc5N4)c(O)[nH]c3c2)cc1OC. The van der Waals surface area contributed by atoms with Crippen LogP contribution < -0.4 is 20.1 Å². The standard InChI is InChI=1S/C27H26N4O4/c1-34-22-10-7-16(13-23(22)35-2)11-12-28-26(32)17-8-9-19-21(14-17)31-27(33)24(19)25-29-15-18-5-3-4-6-20(18)30-25/h3-10,13-14,31,33H,11-12,15H2,1-2H3,(H,28,32)(H,29,30). The zero-order valence-electron chi connectivity index (χ0n) is 19.5. The van der Waals surface area contributed by atoms with Crippen molar-refractivity contribution < 1.29 is 19.4 Å². The third kappa shape index (κ3) is 4.38. The lowest BCUT2D eigenvalue weighted by Crippen LogP contribution is -2.25. The Bertz CT molecular complexity index is 1440. The van der Waals surface area contributed by atoms with Crippen molar-refractivity contribution in [3.05, 3.63) is 82.9 Å².